The summed E-state index contributed by atoms with van der Waals surface area (Å²) in [7, 11) is -1.61. The largest absolute Gasteiger partial charge is 0.309 e. The highest BCUT2D eigenvalue weighted by molar-refractivity contribution is 6.88. The molecule has 0 atom stereocenters. The summed E-state index contributed by atoms with van der Waals surface area (Å²) >= 11 is 0. The van der Waals surface area contributed by atoms with Crippen LogP contribution in [0.4, 0.5) is 34.1 Å². The van der Waals surface area contributed by atoms with Gasteiger partial charge in [-0.2, -0.15) is 0 Å². The summed E-state index contributed by atoms with van der Waals surface area (Å²) < 4.78 is 0. The molecule has 0 amide bonds. The Morgan fingerprint density at radius 3 is 1.12 bits per heavy atom. The number of anilines is 6. The molecule has 2 nitrogen and oxygen atoms in total. The molecule has 0 aliphatic carbocycles. The average molecular weight is 975 g/mol. The summed E-state index contributed by atoms with van der Waals surface area (Å²) in [4.78, 5) is 5.07. The smallest absolute Gasteiger partial charge is 0.0775 e. The van der Waals surface area contributed by atoms with Gasteiger partial charge in [0.2, 0.25) is 0 Å². The zero-order valence-electron chi connectivity index (χ0n) is 42.6. The molecule has 0 radical (unpaired) electrons. The van der Waals surface area contributed by atoms with E-state index < -0.39 is 8.07 Å². The molecule has 0 saturated carbocycles. The van der Waals surface area contributed by atoms with E-state index in [1.54, 1.807) is 0 Å². The van der Waals surface area contributed by atoms with Crippen LogP contribution in [-0.2, 0) is 0 Å². The van der Waals surface area contributed by atoms with E-state index in [1.165, 1.54) is 108 Å². The Kier molecular flexibility index (Phi) is 10.5. The summed E-state index contributed by atoms with van der Waals surface area (Å²) in [5, 5.41) is 18.5. The van der Waals surface area contributed by atoms with E-state index in [2.05, 4.69) is 291 Å². The lowest BCUT2D eigenvalue weighted by Crippen LogP contribution is -2.37. The van der Waals surface area contributed by atoms with Crippen LogP contribution in [0.25, 0.3) is 97.7 Å². The molecule has 356 valence electrons. The van der Waals surface area contributed by atoms with E-state index in [1.807, 2.05) is 0 Å². The predicted octanol–water partition coefficient (Wildman–Crippen LogP) is 20.3. The van der Waals surface area contributed by atoms with Gasteiger partial charge in [0.1, 0.15) is 0 Å². The standard InChI is InChI=1S/C72H54N2Si/c1-47-27-33-56(34-28-47)73(67-25-13-21-50-17-9-11-23-59(50)67)69-45-65(54-31-29-48-15-5-7-19-52(48)43-54)61-40-42-64-70(46-66(62-39-41-63(69)71(61)72(62)64)55-32-30-49-16-6-8-20-53(49)44-55)74(57-35-37-58(38-36-57)75(2,3)4)68-26-14-22-51-18-10-12-24-60(51)68/h5-46H,1-4H3. The van der Waals surface area contributed by atoms with Crippen molar-refractivity contribution in [2.75, 3.05) is 9.80 Å². The Morgan fingerprint density at radius 1 is 0.280 bits per heavy atom. The van der Waals surface area contributed by atoms with Crippen molar-refractivity contribution >= 4 is 123 Å². The van der Waals surface area contributed by atoms with Gasteiger partial charge in [0.25, 0.3) is 0 Å². The minimum absolute atomic E-state index is 1.11. The number of aryl methyl sites for hydroxylation is 1. The predicted molar refractivity (Wildman–Crippen MR) is 328 cm³/mol. The second kappa shape index (κ2) is 17.6. The van der Waals surface area contributed by atoms with Gasteiger partial charge in [0.05, 0.1) is 30.8 Å². The van der Waals surface area contributed by atoms with Crippen LogP contribution < -0.4 is 15.0 Å². The van der Waals surface area contributed by atoms with E-state index >= 15 is 0 Å². The van der Waals surface area contributed by atoms with E-state index in [9.17, 15) is 0 Å². The second-order valence-electron chi connectivity index (χ2n) is 21.4. The minimum Gasteiger partial charge on any atom is -0.309 e. The molecule has 0 fully saturated rings. The van der Waals surface area contributed by atoms with Crippen molar-refractivity contribution in [3.8, 4) is 22.3 Å². The SMILES string of the molecule is Cc1ccc(N(c2cccc3ccccc23)c2cc(-c3ccc4ccccc4c3)c3ccc4c(N(c5ccc([Si](C)(C)C)cc5)c5cccc6ccccc56)cc(-c5ccc6ccccc6c5)c5ccc2c3c54)cc1. The highest BCUT2D eigenvalue weighted by Crippen LogP contribution is 2.53. The maximum Gasteiger partial charge on any atom is 0.0775 e. The fraction of sp³-hybridized carbons (Fsp3) is 0.0556. The van der Waals surface area contributed by atoms with Gasteiger partial charge < -0.3 is 9.80 Å². The summed E-state index contributed by atoms with van der Waals surface area (Å²) in [5.41, 5.74) is 12.8. The Morgan fingerprint density at radius 2 is 0.667 bits per heavy atom. The molecular formula is C72H54N2Si. The Hall–Kier alpha value is -9.02. The average Bonchev–Trinajstić information content (AvgIpc) is 3.51. The summed E-state index contributed by atoms with van der Waals surface area (Å²) in [6.45, 7) is 9.47. The van der Waals surface area contributed by atoms with E-state index in [-0.39, 0.29) is 0 Å². The zero-order valence-corrected chi connectivity index (χ0v) is 43.6. The number of rotatable bonds is 9. The van der Waals surface area contributed by atoms with Gasteiger partial charge in [-0.3, -0.25) is 0 Å². The first kappa shape index (κ1) is 44.7. The number of benzene rings is 14. The lowest BCUT2D eigenvalue weighted by atomic mass is 9.84. The molecule has 3 heteroatoms. The molecule has 0 bridgehead atoms. The first-order valence-electron chi connectivity index (χ1n) is 26.2. The first-order valence-corrected chi connectivity index (χ1v) is 29.7. The minimum atomic E-state index is -1.61. The van der Waals surface area contributed by atoms with E-state index in [4.69, 9.17) is 0 Å². The van der Waals surface area contributed by atoms with Crippen LogP contribution in [0.5, 0.6) is 0 Å². The van der Waals surface area contributed by atoms with Crippen molar-refractivity contribution in [2.45, 2.75) is 26.6 Å². The van der Waals surface area contributed by atoms with Crippen molar-refractivity contribution < 1.29 is 0 Å². The normalized spacial score (nSPS) is 12.0. The highest BCUT2D eigenvalue weighted by atomic mass is 28.3. The van der Waals surface area contributed by atoms with Crippen LogP contribution in [0.1, 0.15) is 5.56 Å². The molecule has 0 N–H and O–H groups in total. The van der Waals surface area contributed by atoms with Gasteiger partial charge in [0, 0.05) is 43.7 Å². The van der Waals surface area contributed by atoms with Gasteiger partial charge in [-0.15, -0.1) is 0 Å². The third kappa shape index (κ3) is 7.53. The summed E-state index contributed by atoms with van der Waals surface area (Å²) in [6.07, 6.45) is 0. The van der Waals surface area contributed by atoms with Gasteiger partial charge in [-0.25, -0.2) is 0 Å². The van der Waals surface area contributed by atoms with Crippen LogP contribution in [-0.4, -0.2) is 8.07 Å². The topological polar surface area (TPSA) is 6.48 Å². The van der Waals surface area contributed by atoms with Crippen LogP contribution in [0, 0.1) is 6.92 Å². The molecule has 0 aliphatic heterocycles. The molecule has 75 heavy (non-hydrogen) atoms. The molecule has 14 rings (SSSR count). The molecule has 14 aromatic carbocycles. The Balaban J connectivity index is 1.16. The fourth-order valence-electron chi connectivity index (χ4n) is 11.9. The van der Waals surface area contributed by atoms with Gasteiger partial charge >= 0.3 is 0 Å². The number of nitrogens with zero attached hydrogens (tertiary/aromatic N) is 2. The molecule has 14 aromatic rings. The quantitative estimate of drug-likeness (QED) is 0.105. The van der Waals surface area contributed by atoms with E-state index in [0.717, 1.165) is 34.1 Å². The molecule has 0 spiro atoms. The molecule has 0 aliphatic rings. The van der Waals surface area contributed by atoms with Gasteiger partial charge in [-0.1, -0.05) is 225 Å². The van der Waals surface area contributed by atoms with Gasteiger partial charge in [0.15, 0.2) is 0 Å². The second-order valence-corrected chi connectivity index (χ2v) is 26.5. The van der Waals surface area contributed by atoms with Crippen LogP contribution in [0.3, 0.4) is 0 Å². The summed E-state index contributed by atoms with van der Waals surface area (Å²) in [5.74, 6) is 0. The third-order valence-electron chi connectivity index (χ3n) is 15.8. The highest BCUT2D eigenvalue weighted by Gasteiger charge is 2.27. The molecule has 0 saturated heterocycles. The van der Waals surface area contributed by atoms with Crippen molar-refractivity contribution in [3.63, 3.8) is 0 Å². The lowest BCUT2D eigenvalue weighted by molar-refractivity contribution is 1.30. The van der Waals surface area contributed by atoms with Crippen molar-refractivity contribution in [3.05, 3.63) is 260 Å². The Bertz CT molecular complexity index is 4520. The number of fused-ring (bicyclic) bond motifs is 4. The number of hydrogen-bond acceptors (Lipinski definition) is 2. The maximum atomic E-state index is 2.55. The number of hydrogen-bond donors (Lipinski definition) is 0. The van der Waals surface area contributed by atoms with Crippen LogP contribution in [0.15, 0.2) is 255 Å². The molecule has 0 heterocycles. The molecular weight excluding hydrogens is 921 g/mol. The van der Waals surface area contributed by atoms with Crippen molar-refractivity contribution in [2.24, 2.45) is 0 Å². The Labute approximate surface area is 439 Å². The van der Waals surface area contributed by atoms with E-state index in [0.29, 0.717) is 0 Å². The monoisotopic (exact) mass is 974 g/mol. The summed E-state index contributed by atoms with van der Waals surface area (Å²) in [6, 6.07) is 95.8. The lowest BCUT2D eigenvalue weighted by Gasteiger charge is -2.32. The zero-order chi connectivity index (χ0) is 50.4. The van der Waals surface area contributed by atoms with Crippen LogP contribution in [0.2, 0.25) is 19.6 Å². The third-order valence-corrected chi connectivity index (χ3v) is 17.8. The maximum absolute atomic E-state index is 2.55. The molecule has 0 aromatic heterocycles. The first-order chi connectivity index (χ1) is 36.7. The van der Waals surface area contributed by atoms with Crippen LogP contribution >= 0.6 is 0 Å². The van der Waals surface area contributed by atoms with Gasteiger partial charge in [-0.05, 0) is 133 Å². The molecule has 0 unspecified atom stereocenters. The fourth-order valence-corrected chi connectivity index (χ4v) is 13.1. The van der Waals surface area contributed by atoms with Crippen molar-refractivity contribution in [1.29, 1.82) is 0 Å². The van der Waals surface area contributed by atoms with Crippen molar-refractivity contribution in [1.82, 2.24) is 0 Å².